The quantitative estimate of drug-likeness (QED) is 0.335. The molecule has 3 saturated heterocycles. The number of thioether (sulfide) groups is 1. The molecular weight excluding hydrogens is 460 g/mol. The first kappa shape index (κ1) is 25.2. The summed E-state index contributed by atoms with van der Waals surface area (Å²) in [6.07, 6.45) is 1.40. The molecule has 188 valence electrons. The van der Waals surface area contributed by atoms with E-state index in [1.54, 1.807) is 4.90 Å². The van der Waals surface area contributed by atoms with Crippen LogP contribution in [0.1, 0.15) is 40.0 Å². The first-order valence-electron chi connectivity index (χ1n) is 11.9. The van der Waals surface area contributed by atoms with Crippen molar-refractivity contribution in [1.29, 1.82) is 0 Å². The summed E-state index contributed by atoms with van der Waals surface area (Å²) in [5, 5.41) is 22.7. The van der Waals surface area contributed by atoms with Gasteiger partial charge in [-0.15, -0.1) is 11.8 Å². The molecule has 34 heavy (non-hydrogen) atoms. The molecular formula is C23H34N4O6S. The molecule has 0 aromatic rings. The fraction of sp³-hybridized carbons (Fsp3) is 0.739. The Morgan fingerprint density at radius 1 is 1.29 bits per heavy atom. The number of nitrogens with one attached hydrogen (secondary N) is 1. The molecule has 8 atom stereocenters. The zero-order valence-electron chi connectivity index (χ0n) is 19.8. The number of β-lactam (4-membered cyclic amide) rings is 1. The minimum atomic E-state index is -1.13. The molecule has 0 bridgehead atoms. The first-order valence-corrected chi connectivity index (χ1v) is 12.8. The van der Waals surface area contributed by atoms with Crippen molar-refractivity contribution in [2.75, 3.05) is 19.7 Å². The second-order valence-electron chi connectivity index (χ2n) is 10.2. The number of fused-ring (bicyclic) bond motifs is 1. The van der Waals surface area contributed by atoms with Crippen LogP contribution in [-0.4, -0.2) is 92.7 Å². The molecule has 5 N–H and O–H groups in total. The zero-order chi connectivity index (χ0) is 24.9. The second-order valence-corrected chi connectivity index (χ2v) is 11.5. The molecule has 3 fully saturated rings. The van der Waals surface area contributed by atoms with Crippen LogP contribution >= 0.6 is 11.8 Å². The standard InChI is InChI=1S/C23H34N4O6S/c1-10(4-11(2)29)17-18-12(3)20(19(23(32)33)27(18)22(17)31)34-15-6-16(25-7-15)21(30)26-8-13(24)5-14(26)9-28/h10,12-18,25,28H,4-9,24H2,1-3H3,(H,32,33)/t10-,12+,13+,14-,15-,16-,17+,18-/m0/s1. The third kappa shape index (κ3) is 4.27. The van der Waals surface area contributed by atoms with Crippen molar-refractivity contribution < 1.29 is 29.4 Å². The maximum Gasteiger partial charge on any atom is 0.353 e. The summed E-state index contributed by atoms with van der Waals surface area (Å²) >= 11 is 1.44. The van der Waals surface area contributed by atoms with Gasteiger partial charge in [-0.3, -0.25) is 9.59 Å². The van der Waals surface area contributed by atoms with Gasteiger partial charge in [-0.2, -0.15) is 0 Å². The molecule has 2 amide bonds. The van der Waals surface area contributed by atoms with E-state index < -0.39 is 12.0 Å². The van der Waals surface area contributed by atoms with E-state index in [1.165, 1.54) is 23.6 Å². The summed E-state index contributed by atoms with van der Waals surface area (Å²) in [4.78, 5) is 53.4. The lowest BCUT2D eigenvalue weighted by Gasteiger charge is -2.47. The number of likely N-dealkylation sites (tertiary alicyclic amines) is 1. The Balaban J connectivity index is 1.45. The summed E-state index contributed by atoms with van der Waals surface area (Å²) in [5.74, 6) is -2.08. The van der Waals surface area contributed by atoms with Crippen LogP contribution < -0.4 is 11.1 Å². The van der Waals surface area contributed by atoms with Gasteiger partial charge in [0.15, 0.2) is 0 Å². The monoisotopic (exact) mass is 494 g/mol. The van der Waals surface area contributed by atoms with Crippen LogP contribution in [0.2, 0.25) is 0 Å². The van der Waals surface area contributed by atoms with Gasteiger partial charge >= 0.3 is 5.97 Å². The van der Waals surface area contributed by atoms with E-state index in [2.05, 4.69) is 5.32 Å². The van der Waals surface area contributed by atoms with Gasteiger partial charge in [-0.05, 0) is 25.7 Å². The minimum Gasteiger partial charge on any atom is -0.477 e. The van der Waals surface area contributed by atoms with E-state index in [0.29, 0.717) is 37.3 Å². The predicted molar refractivity (Wildman–Crippen MR) is 125 cm³/mol. The Bertz CT molecular complexity index is 925. The van der Waals surface area contributed by atoms with E-state index in [0.717, 1.165) is 0 Å². The topological polar surface area (TPSA) is 153 Å². The van der Waals surface area contributed by atoms with Crippen LogP contribution in [0, 0.1) is 17.8 Å². The molecule has 4 aliphatic heterocycles. The Morgan fingerprint density at radius 2 is 2.00 bits per heavy atom. The molecule has 10 nitrogen and oxygen atoms in total. The van der Waals surface area contributed by atoms with Gasteiger partial charge in [-0.25, -0.2) is 4.79 Å². The van der Waals surface area contributed by atoms with E-state index in [-0.39, 0.29) is 71.0 Å². The molecule has 11 heteroatoms. The second kappa shape index (κ2) is 9.60. The number of rotatable bonds is 8. The van der Waals surface area contributed by atoms with Crippen LogP contribution in [0.4, 0.5) is 0 Å². The summed E-state index contributed by atoms with van der Waals surface area (Å²) < 4.78 is 0. The number of aliphatic hydroxyl groups is 1. The van der Waals surface area contributed by atoms with Crippen molar-refractivity contribution in [2.45, 2.75) is 69.5 Å². The van der Waals surface area contributed by atoms with Crippen LogP contribution in [0.5, 0.6) is 0 Å². The molecule has 0 saturated carbocycles. The highest BCUT2D eigenvalue weighted by atomic mass is 32.2. The summed E-state index contributed by atoms with van der Waals surface area (Å²) in [5.41, 5.74) is 6.02. The summed E-state index contributed by atoms with van der Waals surface area (Å²) in [6.45, 7) is 6.16. The van der Waals surface area contributed by atoms with Gasteiger partial charge in [0, 0.05) is 41.6 Å². The van der Waals surface area contributed by atoms with Crippen molar-refractivity contribution in [1.82, 2.24) is 15.1 Å². The third-order valence-corrected chi connectivity index (χ3v) is 9.15. The average Bonchev–Trinajstić information content (AvgIpc) is 3.43. The molecule has 4 aliphatic rings. The van der Waals surface area contributed by atoms with Crippen molar-refractivity contribution in [3.05, 3.63) is 10.6 Å². The Hall–Kier alpha value is -1.95. The largest absolute Gasteiger partial charge is 0.477 e. The number of carboxylic acids is 1. The maximum atomic E-state index is 13.0. The van der Waals surface area contributed by atoms with E-state index in [1.807, 2.05) is 13.8 Å². The molecule has 4 heterocycles. The number of nitrogens with two attached hydrogens (primary N) is 1. The number of hydrogen-bond donors (Lipinski definition) is 4. The van der Waals surface area contributed by atoms with E-state index in [4.69, 9.17) is 5.73 Å². The lowest BCUT2D eigenvalue weighted by Crippen LogP contribution is -2.62. The van der Waals surface area contributed by atoms with E-state index in [9.17, 15) is 29.4 Å². The van der Waals surface area contributed by atoms with Crippen molar-refractivity contribution in [3.8, 4) is 0 Å². The minimum absolute atomic E-state index is 0.0144. The lowest BCUT2D eigenvalue weighted by atomic mass is 9.73. The number of carboxylic acid groups (broad SMARTS) is 1. The molecule has 0 aromatic heterocycles. The summed E-state index contributed by atoms with van der Waals surface area (Å²) in [7, 11) is 0. The van der Waals surface area contributed by atoms with Gasteiger partial charge in [0.2, 0.25) is 11.8 Å². The SMILES string of the molecule is CC(=O)C[C@H](C)[C@H]1C(=O)N2C(C(=O)O)=C(S[C@@H]3CN[C@H](C(=O)N4C[C@H](N)C[C@H]4CO)C3)[C@H](C)[C@@H]12. The van der Waals surface area contributed by atoms with Crippen molar-refractivity contribution >= 4 is 35.3 Å². The molecule has 4 rings (SSSR count). The molecule has 0 aromatic carbocycles. The highest BCUT2D eigenvalue weighted by Crippen LogP contribution is 2.53. The highest BCUT2D eigenvalue weighted by molar-refractivity contribution is 8.03. The Kier molecular flexibility index (Phi) is 7.10. The highest BCUT2D eigenvalue weighted by Gasteiger charge is 2.60. The number of amides is 2. The maximum absolute atomic E-state index is 13.0. The van der Waals surface area contributed by atoms with Crippen LogP contribution in [0.25, 0.3) is 0 Å². The number of hydrogen-bond acceptors (Lipinski definition) is 8. The number of nitrogens with zero attached hydrogens (tertiary/aromatic N) is 2. The van der Waals surface area contributed by atoms with Gasteiger partial charge in [0.25, 0.3) is 0 Å². The number of carbonyl (C=O) groups is 4. The van der Waals surface area contributed by atoms with Gasteiger partial charge < -0.3 is 35.9 Å². The number of carbonyl (C=O) groups excluding carboxylic acids is 3. The lowest BCUT2D eigenvalue weighted by molar-refractivity contribution is -0.160. The number of Topliss-reactive ketones (excluding diaryl/α,β-unsaturated/α-hetero) is 1. The Morgan fingerprint density at radius 3 is 2.62 bits per heavy atom. The predicted octanol–water partition coefficient (Wildman–Crippen LogP) is -0.241. The van der Waals surface area contributed by atoms with Gasteiger partial charge in [0.1, 0.15) is 11.5 Å². The first-order chi connectivity index (χ1) is 16.0. The zero-order valence-corrected chi connectivity index (χ0v) is 20.6. The van der Waals surface area contributed by atoms with Gasteiger partial charge in [-0.1, -0.05) is 13.8 Å². The van der Waals surface area contributed by atoms with Gasteiger partial charge in [0.05, 0.1) is 30.7 Å². The average molecular weight is 495 g/mol. The smallest absolute Gasteiger partial charge is 0.353 e. The molecule has 0 unspecified atom stereocenters. The molecule has 0 aliphatic carbocycles. The van der Waals surface area contributed by atoms with Crippen LogP contribution in [0.15, 0.2) is 10.6 Å². The molecule has 0 radical (unpaired) electrons. The van der Waals surface area contributed by atoms with E-state index >= 15 is 0 Å². The van der Waals surface area contributed by atoms with Crippen LogP contribution in [0.3, 0.4) is 0 Å². The normalized spacial score (nSPS) is 36.0. The Labute approximate surface area is 203 Å². The fourth-order valence-electron chi connectivity index (χ4n) is 6.10. The number of aliphatic carboxylic acids is 1. The van der Waals surface area contributed by atoms with Crippen molar-refractivity contribution in [3.63, 3.8) is 0 Å². The fourth-order valence-corrected chi connectivity index (χ4v) is 7.58. The third-order valence-electron chi connectivity index (χ3n) is 7.64. The van der Waals surface area contributed by atoms with Crippen molar-refractivity contribution in [2.24, 2.45) is 23.5 Å². The van der Waals surface area contributed by atoms with Crippen LogP contribution in [-0.2, 0) is 19.2 Å². The molecule has 0 spiro atoms. The number of ketones is 1. The summed E-state index contributed by atoms with van der Waals surface area (Å²) in [6, 6.07) is -1.07. The number of aliphatic hydroxyl groups excluding tert-OH is 1.